The van der Waals surface area contributed by atoms with E-state index in [1.54, 1.807) is 0 Å². The fraction of sp³-hybridized carbons (Fsp3) is 0.455. The third kappa shape index (κ3) is 2.15. The van der Waals surface area contributed by atoms with Crippen LogP contribution in [-0.2, 0) is 6.54 Å². The predicted octanol–water partition coefficient (Wildman–Crippen LogP) is 1.54. The van der Waals surface area contributed by atoms with Gasteiger partial charge in [-0.05, 0) is 6.92 Å². The third-order valence-electron chi connectivity index (χ3n) is 2.30. The molecule has 1 N–H and O–H groups in total. The second-order valence-corrected chi connectivity index (χ2v) is 4.09. The Bertz CT molecular complexity index is 459. The molecule has 0 spiro atoms. The zero-order valence-electron chi connectivity index (χ0n) is 9.36. The second-order valence-electron chi connectivity index (χ2n) is 4.09. The average molecular weight is 204 g/mol. The van der Waals surface area contributed by atoms with Crippen molar-refractivity contribution in [1.82, 2.24) is 19.9 Å². The van der Waals surface area contributed by atoms with Gasteiger partial charge in [-0.2, -0.15) is 5.10 Å². The van der Waals surface area contributed by atoms with Gasteiger partial charge in [0.1, 0.15) is 0 Å². The number of nitrogens with zero attached hydrogens (tertiary/aromatic N) is 3. The number of fused-ring (bicyclic) bond motifs is 1. The molecule has 0 saturated heterocycles. The lowest BCUT2D eigenvalue weighted by atomic mass is 10.3. The van der Waals surface area contributed by atoms with Gasteiger partial charge in [0.2, 0.25) is 0 Å². The van der Waals surface area contributed by atoms with Crippen molar-refractivity contribution in [3.63, 3.8) is 0 Å². The van der Waals surface area contributed by atoms with Crippen LogP contribution in [0.1, 0.15) is 25.0 Å². The summed E-state index contributed by atoms with van der Waals surface area (Å²) in [4.78, 5) is 4.38. The van der Waals surface area contributed by atoms with Crippen LogP contribution in [0.3, 0.4) is 0 Å². The summed E-state index contributed by atoms with van der Waals surface area (Å²) in [5.41, 5.74) is 3.20. The largest absolute Gasteiger partial charge is 0.310 e. The normalized spacial score (nSPS) is 11.5. The molecule has 2 rings (SSSR count). The van der Waals surface area contributed by atoms with E-state index in [-0.39, 0.29) is 0 Å². The molecule has 2 aromatic rings. The monoisotopic (exact) mass is 204 g/mol. The van der Waals surface area contributed by atoms with Crippen LogP contribution >= 0.6 is 0 Å². The molecule has 80 valence electrons. The molecule has 0 amide bonds. The summed E-state index contributed by atoms with van der Waals surface area (Å²) < 4.78 is 1.83. The van der Waals surface area contributed by atoms with Crippen LogP contribution in [0, 0.1) is 6.92 Å². The van der Waals surface area contributed by atoms with Crippen molar-refractivity contribution in [2.45, 2.75) is 33.4 Å². The van der Waals surface area contributed by atoms with Crippen LogP contribution in [0.5, 0.6) is 0 Å². The van der Waals surface area contributed by atoms with E-state index in [4.69, 9.17) is 0 Å². The Morgan fingerprint density at radius 3 is 2.93 bits per heavy atom. The topological polar surface area (TPSA) is 42.2 Å². The van der Waals surface area contributed by atoms with Gasteiger partial charge in [-0.3, -0.25) is 0 Å². The lowest BCUT2D eigenvalue weighted by molar-refractivity contribution is 0.586. The zero-order chi connectivity index (χ0) is 10.8. The number of aryl methyl sites for hydroxylation is 1. The number of hydrogen-bond donors (Lipinski definition) is 1. The summed E-state index contributed by atoms with van der Waals surface area (Å²) in [6.45, 7) is 7.11. The summed E-state index contributed by atoms with van der Waals surface area (Å²) in [6, 6.07) is 0.486. The summed E-state index contributed by atoms with van der Waals surface area (Å²) in [5, 5.41) is 7.58. The maximum atomic E-state index is 4.38. The van der Waals surface area contributed by atoms with Crippen molar-refractivity contribution < 1.29 is 0 Å². The molecule has 2 aromatic heterocycles. The molecule has 15 heavy (non-hydrogen) atoms. The summed E-state index contributed by atoms with van der Waals surface area (Å²) in [6.07, 6.45) is 5.76. The van der Waals surface area contributed by atoms with Gasteiger partial charge in [0.25, 0.3) is 0 Å². The highest BCUT2D eigenvalue weighted by Gasteiger charge is 2.02. The minimum Gasteiger partial charge on any atom is -0.310 e. The highest BCUT2D eigenvalue weighted by molar-refractivity contribution is 5.45. The van der Waals surface area contributed by atoms with Gasteiger partial charge >= 0.3 is 0 Å². The number of rotatable bonds is 3. The lowest BCUT2D eigenvalue weighted by Crippen LogP contribution is -2.22. The highest BCUT2D eigenvalue weighted by Crippen LogP contribution is 2.06. The second kappa shape index (κ2) is 3.98. The highest BCUT2D eigenvalue weighted by atomic mass is 15.2. The minimum atomic E-state index is 0.486. The van der Waals surface area contributed by atoms with E-state index in [2.05, 4.69) is 29.2 Å². The maximum absolute atomic E-state index is 4.38. The molecule has 4 nitrogen and oxygen atoms in total. The molecule has 2 heterocycles. The lowest BCUT2D eigenvalue weighted by Gasteiger charge is -2.07. The molecular formula is C11H16N4. The molecule has 4 heteroatoms. The SMILES string of the molecule is Cc1cnn2cc(CNC(C)C)cnc12. The first-order valence-corrected chi connectivity index (χ1v) is 5.19. The van der Waals surface area contributed by atoms with Crippen LogP contribution < -0.4 is 5.32 Å². The van der Waals surface area contributed by atoms with Gasteiger partial charge in [0.15, 0.2) is 5.65 Å². The Balaban J connectivity index is 2.23. The molecule has 0 fully saturated rings. The number of nitrogens with one attached hydrogen (secondary N) is 1. The predicted molar refractivity (Wildman–Crippen MR) is 59.7 cm³/mol. The van der Waals surface area contributed by atoms with Crippen molar-refractivity contribution in [1.29, 1.82) is 0 Å². The molecule has 0 atom stereocenters. The first-order valence-electron chi connectivity index (χ1n) is 5.19. The van der Waals surface area contributed by atoms with Crippen LogP contribution in [0.2, 0.25) is 0 Å². The van der Waals surface area contributed by atoms with Crippen LogP contribution in [0.25, 0.3) is 5.65 Å². The van der Waals surface area contributed by atoms with Gasteiger partial charge < -0.3 is 5.32 Å². The quantitative estimate of drug-likeness (QED) is 0.824. The van der Waals surface area contributed by atoms with Crippen molar-refractivity contribution in [2.75, 3.05) is 0 Å². The van der Waals surface area contributed by atoms with Gasteiger partial charge in [0.05, 0.1) is 6.20 Å². The first kappa shape index (κ1) is 10.1. The van der Waals surface area contributed by atoms with Crippen LogP contribution in [0.15, 0.2) is 18.6 Å². The molecule has 0 aliphatic heterocycles. The molecule has 0 aromatic carbocycles. The number of aromatic nitrogens is 3. The standard InChI is InChI=1S/C11H16N4/c1-8(2)12-5-10-6-13-11-9(3)4-14-15(11)7-10/h4,6-8,12H,5H2,1-3H3. The van der Waals surface area contributed by atoms with Gasteiger partial charge in [-0.15, -0.1) is 0 Å². The molecule has 0 aliphatic rings. The van der Waals surface area contributed by atoms with Crippen LogP contribution in [-0.4, -0.2) is 20.6 Å². The van der Waals surface area contributed by atoms with Crippen LogP contribution in [0.4, 0.5) is 0 Å². The van der Waals surface area contributed by atoms with E-state index < -0.39 is 0 Å². The molecule has 0 saturated carbocycles. The molecule has 0 bridgehead atoms. The van der Waals surface area contributed by atoms with E-state index in [9.17, 15) is 0 Å². The molecule has 0 unspecified atom stereocenters. The van der Waals surface area contributed by atoms with Gasteiger partial charge in [0, 0.05) is 36.1 Å². The van der Waals surface area contributed by atoms with Crippen molar-refractivity contribution >= 4 is 5.65 Å². The summed E-state index contributed by atoms with van der Waals surface area (Å²) >= 11 is 0. The van der Waals surface area contributed by atoms with E-state index in [1.807, 2.05) is 30.0 Å². The Labute approximate surface area is 89.3 Å². The summed E-state index contributed by atoms with van der Waals surface area (Å²) in [5.74, 6) is 0. The average Bonchev–Trinajstić information content (AvgIpc) is 2.57. The van der Waals surface area contributed by atoms with E-state index in [0.717, 1.165) is 23.3 Å². The van der Waals surface area contributed by atoms with Crippen molar-refractivity contribution in [2.24, 2.45) is 0 Å². The minimum absolute atomic E-state index is 0.486. The fourth-order valence-corrected chi connectivity index (χ4v) is 1.45. The van der Waals surface area contributed by atoms with E-state index in [0.29, 0.717) is 6.04 Å². The number of hydrogen-bond acceptors (Lipinski definition) is 3. The summed E-state index contributed by atoms with van der Waals surface area (Å²) in [7, 11) is 0. The van der Waals surface area contributed by atoms with Gasteiger partial charge in [-0.25, -0.2) is 9.50 Å². The fourth-order valence-electron chi connectivity index (χ4n) is 1.45. The van der Waals surface area contributed by atoms with E-state index >= 15 is 0 Å². The van der Waals surface area contributed by atoms with E-state index in [1.165, 1.54) is 0 Å². The Hall–Kier alpha value is -1.42. The molecule has 0 radical (unpaired) electrons. The molecular weight excluding hydrogens is 188 g/mol. The first-order chi connectivity index (χ1) is 7.16. The Kier molecular flexibility index (Phi) is 2.68. The smallest absolute Gasteiger partial charge is 0.157 e. The molecule has 0 aliphatic carbocycles. The Morgan fingerprint density at radius 1 is 1.40 bits per heavy atom. The third-order valence-corrected chi connectivity index (χ3v) is 2.30. The van der Waals surface area contributed by atoms with Crippen molar-refractivity contribution in [3.8, 4) is 0 Å². The zero-order valence-corrected chi connectivity index (χ0v) is 9.36. The van der Waals surface area contributed by atoms with Crippen molar-refractivity contribution in [3.05, 3.63) is 29.7 Å². The Morgan fingerprint density at radius 2 is 2.20 bits per heavy atom. The van der Waals surface area contributed by atoms with Gasteiger partial charge in [-0.1, -0.05) is 13.8 Å². The maximum Gasteiger partial charge on any atom is 0.157 e.